The zero-order chi connectivity index (χ0) is 11.3. The largest absolute Gasteiger partial charge is 0.112 e. The molecular weight excluding hydrogens is 321 g/mol. The molecule has 1 aliphatic rings. The minimum atomic E-state index is -0.513. The van der Waals surface area contributed by atoms with Gasteiger partial charge in [-0.2, -0.15) is 0 Å². The van der Waals surface area contributed by atoms with E-state index in [0.717, 1.165) is 0 Å². The number of halogens is 6. The average molecular weight is 323 g/mol. The molecule has 1 aliphatic carbocycles. The van der Waals surface area contributed by atoms with Gasteiger partial charge < -0.3 is 0 Å². The van der Waals surface area contributed by atoms with E-state index in [1.807, 2.05) is 0 Å². The predicted molar refractivity (Wildman–Crippen MR) is 68.7 cm³/mol. The van der Waals surface area contributed by atoms with E-state index in [4.69, 9.17) is 69.6 Å². The van der Waals surface area contributed by atoms with Crippen molar-refractivity contribution in [2.75, 3.05) is 0 Å². The van der Waals surface area contributed by atoms with Crippen LogP contribution in [0.25, 0.3) is 5.03 Å². The maximum atomic E-state index is 6.05. The molecule has 1 unspecified atom stereocenters. The summed E-state index contributed by atoms with van der Waals surface area (Å²) in [6.07, 6.45) is 0. The summed E-state index contributed by atoms with van der Waals surface area (Å²) in [5, 5.41) is 1.03. The average Bonchev–Trinajstić information content (AvgIpc) is 2.40. The molecule has 0 fully saturated rings. The first-order chi connectivity index (χ1) is 6.95. The molecule has 2 rings (SSSR count). The van der Waals surface area contributed by atoms with Crippen molar-refractivity contribution >= 4 is 74.6 Å². The van der Waals surface area contributed by atoms with Gasteiger partial charge in [0.2, 0.25) is 0 Å². The lowest BCUT2D eigenvalue weighted by atomic mass is 10.1. The summed E-state index contributed by atoms with van der Waals surface area (Å²) in [6.45, 7) is 0. The highest BCUT2D eigenvalue weighted by Gasteiger charge is 2.31. The molecule has 1 aromatic rings. The topological polar surface area (TPSA) is 0 Å². The van der Waals surface area contributed by atoms with Crippen molar-refractivity contribution in [2.45, 2.75) is 5.38 Å². The highest BCUT2D eigenvalue weighted by atomic mass is 35.5. The molecule has 0 amide bonds. The van der Waals surface area contributed by atoms with Gasteiger partial charge in [0.1, 0.15) is 0 Å². The third-order valence-corrected chi connectivity index (χ3v) is 4.84. The Morgan fingerprint density at radius 1 is 0.933 bits per heavy atom. The smallest absolute Gasteiger partial charge is 0.0964 e. The fourth-order valence-electron chi connectivity index (χ4n) is 1.40. The van der Waals surface area contributed by atoms with E-state index in [2.05, 4.69) is 0 Å². The summed E-state index contributed by atoms with van der Waals surface area (Å²) < 4.78 is 0. The molecule has 0 aromatic heterocycles. The van der Waals surface area contributed by atoms with Crippen molar-refractivity contribution in [1.29, 1.82) is 0 Å². The van der Waals surface area contributed by atoms with Crippen LogP contribution in [0.15, 0.2) is 11.1 Å². The van der Waals surface area contributed by atoms with Gasteiger partial charge in [-0.15, -0.1) is 11.6 Å². The SMILES string of the molecule is ClC1=C(Cl)C(Cl)c2cc(Cl)c(Cl)c(Cl)c21. The van der Waals surface area contributed by atoms with Crippen molar-refractivity contribution in [2.24, 2.45) is 0 Å². The molecule has 0 nitrogen and oxygen atoms in total. The third-order valence-electron chi connectivity index (χ3n) is 2.12. The Morgan fingerprint density at radius 3 is 2.13 bits per heavy atom. The molecular formula is C9H2Cl6. The van der Waals surface area contributed by atoms with Crippen molar-refractivity contribution in [1.82, 2.24) is 0 Å². The maximum Gasteiger partial charge on any atom is 0.0964 e. The van der Waals surface area contributed by atoms with E-state index in [1.54, 1.807) is 6.07 Å². The minimum absolute atomic E-state index is 0.255. The fourth-order valence-corrected chi connectivity index (χ4v) is 3.03. The molecule has 6 heteroatoms. The third kappa shape index (κ3) is 1.76. The van der Waals surface area contributed by atoms with Gasteiger partial charge in [0.05, 0.1) is 30.5 Å². The van der Waals surface area contributed by atoms with Gasteiger partial charge in [-0.1, -0.05) is 58.0 Å². The first-order valence-corrected chi connectivity index (χ1v) is 6.14. The number of allylic oxidation sites excluding steroid dienone is 1. The van der Waals surface area contributed by atoms with Crippen LogP contribution in [0.4, 0.5) is 0 Å². The number of benzene rings is 1. The second-order valence-corrected chi connectivity index (χ2v) is 5.36. The summed E-state index contributed by atoms with van der Waals surface area (Å²) in [5.74, 6) is 0. The molecule has 0 bridgehead atoms. The lowest BCUT2D eigenvalue weighted by molar-refractivity contribution is 1.23. The summed E-state index contributed by atoms with van der Waals surface area (Å²) in [6, 6.07) is 1.63. The number of alkyl halides is 1. The molecule has 0 saturated heterocycles. The maximum absolute atomic E-state index is 6.05. The van der Waals surface area contributed by atoms with E-state index < -0.39 is 5.38 Å². The Hall–Kier alpha value is 0.700. The fraction of sp³-hybridized carbons (Fsp3) is 0.111. The van der Waals surface area contributed by atoms with Crippen LogP contribution in [0, 0.1) is 0 Å². The molecule has 0 saturated carbocycles. The second kappa shape index (κ2) is 4.18. The van der Waals surface area contributed by atoms with Crippen LogP contribution in [0.1, 0.15) is 16.5 Å². The standard InChI is InChI=1S/C9H2Cl6/c10-3-1-2-4(7(13)6(3)12)8(14)9(15)5(2)11/h1,5H. The quantitative estimate of drug-likeness (QED) is 0.400. The summed E-state index contributed by atoms with van der Waals surface area (Å²) >= 11 is 35.8. The Balaban J connectivity index is 2.79. The molecule has 15 heavy (non-hydrogen) atoms. The van der Waals surface area contributed by atoms with Crippen molar-refractivity contribution < 1.29 is 0 Å². The Bertz CT molecular complexity index is 476. The Kier molecular flexibility index (Phi) is 3.39. The Labute approximate surface area is 117 Å². The molecule has 0 heterocycles. The minimum Gasteiger partial charge on any atom is -0.112 e. The summed E-state index contributed by atoms with van der Waals surface area (Å²) in [7, 11) is 0. The van der Waals surface area contributed by atoms with Gasteiger partial charge in [-0.05, 0) is 11.6 Å². The molecule has 0 radical (unpaired) electrons. The van der Waals surface area contributed by atoms with Crippen molar-refractivity contribution in [3.63, 3.8) is 0 Å². The molecule has 1 atom stereocenters. The van der Waals surface area contributed by atoms with Gasteiger partial charge >= 0.3 is 0 Å². The second-order valence-electron chi connectivity index (χ2n) is 2.98. The number of hydrogen-bond donors (Lipinski definition) is 0. The molecule has 0 N–H and O–H groups in total. The molecule has 1 aromatic carbocycles. The van der Waals surface area contributed by atoms with Crippen LogP contribution >= 0.6 is 69.6 Å². The normalized spacial score (nSPS) is 19.7. The lowest BCUT2D eigenvalue weighted by Crippen LogP contribution is -1.89. The molecule has 0 spiro atoms. The first-order valence-electron chi connectivity index (χ1n) is 3.82. The van der Waals surface area contributed by atoms with Crippen LogP contribution in [0.2, 0.25) is 15.1 Å². The number of rotatable bonds is 0. The van der Waals surface area contributed by atoms with Crippen molar-refractivity contribution in [3.05, 3.63) is 37.3 Å². The van der Waals surface area contributed by atoms with E-state index in [1.165, 1.54) is 0 Å². The van der Waals surface area contributed by atoms with Gasteiger partial charge in [-0.25, -0.2) is 0 Å². The van der Waals surface area contributed by atoms with Gasteiger partial charge in [0, 0.05) is 5.56 Å². The zero-order valence-corrected chi connectivity index (χ0v) is 11.5. The number of fused-ring (bicyclic) bond motifs is 1. The van der Waals surface area contributed by atoms with Gasteiger partial charge in [0.15, 0.2) is 0 Å². The van der Waals surface area contributed by atoms with E-state index in [0.29, 0.717) is 26.2 Å². The van der Waals surface area contributed by atoms with Crippen LogP contribution in [0.5, 0.6) is 0 Å². The first kappa shape index (κ1) is 12.2. The summed E-state index contributed by atoms with van der Waals surface area (Å²) in [4.78, 5) is 0. The monoisotopic (exact) mass is 320 g/mol. The van der Waals surface area contributed by atoms with Crippen LogP contribution < -0.4 is 0 Å². The van der Waals surface area contributed by atoms with Crippen LogP contribution in [0.3, 0.4) is 0 Å². The van der Waals surface area contributed by atoms with Crippen LogP contribution in [-0.4, -0.2) is 0 Å². The highest BCUT2D eigenvalue weighted by molar-refractivity contribution is 6.60. The van der Waals surface area contributed by atoms with Gasteiger partial charge in [0.25, 0.3) is 0 Å². The van der Waals surface area contributed by atoms with E-state index in [-0.39, 0.29) is 10.0 Å². The predicted octanol–water partition coefficient (Wildman–Crippen LogP) is 6.09. The Morgan fingerprint density at radius 2 is 1.53 bits per heavy atom. The zero-order valence-electron chi connectivity index (χ0n) is 6.92. The highest BCUT2D eigenvalue weighted by Crippen LogP contribution is 2.53. The number of hydrogen-bond acceptors (Lipinski definition) is 0. The van der Waals surface area contributed by atoms with Crippen LogP contribution in [-0.2, 0) is 0 Å². The summed E-state index contributed by atoms with van der Waals surface area (Å²) in [5.41, 5.74) is 1.25. The van der Waals surface area contributed by atoms with Crippen molar-refractivity contribution in [3.8, 4) is 0 Å². The lowest BCUT2D eigenvalue weighted by Gasteiger charge is -2.08. The van der Waals surface area contributed by atoms with E-state index in [9.17, 15) is 0 Å². The van der Waals surface area contributed by atoms with E-state index >= 15 is 0 Å². The molecule has 80 valence electrons. The van der Waals surface area contributed by atoms with Gasteiger partial charge in [-0.3, -0.25) is 0 Å². The molecule has 0 aliphatic heterocycles.